The average Bonchev–Trinajstić information content (AvgIpc) is 3.30. The van der Waals surface area contributed by atoms with E-state index in [4.69, 9.17) is 25.8 Å². The molecular formula is C30H32ClN3O6S. The molecule has 0 radical (unpaired) electrons. The van der Waals surface area contributed by atoms with E-state index in [-0.39, 0.29) is 6.61 Å². The van der Waals surface area contributed by atoms with Crippen LogP contribution in [-0.2, 0) is 33.8 Å². The number of carbonyl (C=O) groups excluding carboxylic acids is 3. The highest BCUT2D eigenvalue weighted by Gasteiger charge is 2.30. The van der Waals surface area contributed by atoms with E-state index in [1.54, 1.807) is 37.3 Å². The number of hydrogen-bond donors (Lipinski definition) is 2. The molecule has 1 aromatic heterocycles. The lowest BCUT2D eigenvalue weighted by Crippen LogP contribution is -2.32. The number of anilines is 1. The summed E-state index contributed by atoms with van der Waals surface area (Å²) in [5.41, 5.74) is 5.04. The fourth-order valence-corrected chi connectivity index (χ4v) is 5.89. The van der Waals surface area contributed by atoms with Gasteiger partial charge in [-0.15, -0.1) is 11.3 Å². The second kappa shape index (κ2) is 14.1. The minimum atomic E-state index is -0.969. The van der Waals surface area contributed by atoms with Crippen molar-refractivity contribution in [2.45, 2.75) is 46.6 Å². The molecule has 0 aliphatic heterocycles. The monoisotopic (exact) mass is 597 g/mol. The third kappa shape index (κ3) is 7.86. The molecule has 0 saturated carbocycles. The van der Waals surface area contributed by atoms with Crippen LogP contribution in [0.25, 0.3) is 0 Å². The SMILES string of the molecule is CCOC(=O)c1c(NC(=O)C(=O)N/N=C\c2ccc(OCc3ccc(Cl)cc3)c(OCC)c2)sc2c1CC[C@@H](C)C2. The summed E-state index contributed by atoms with van der Waals surface area (Å²) in [6.45, 7) is 6.70. The van der Waals surface area contributed by atoms with Crippen molar-refractivity contribution < 1.29 is 28.6 Å². The molecule has 0 saturated heterocycles. The Morgan fingerprint density at radius 3 is 2.56 bits per heavy atom. The van der Waals surface area contributed by atoms with Gasteiger partial charge in [-0.25, -0.2) is 10.2 Å². The van der Waals surface area contributed by atoms with Crippen LogP contribution in [0.15, 0.2) is 47.6 Å². The number of amides is 2. The standard InChI is InChI=1S/C30H32ClN3O6S/c1-4-38-24-15-20(9-13-23(24)40-17-19-7-10-21(31)11-8-19)16-32-34-28(36)27(35)33-29-26(30(37)39-5-2)22-12-6-18(3)14-25(22)41-29/h7-11,13,15-16,18H,4-6,12,14,17H2,1-3H3,(H,33,35)(H,34,36)/b32-16-/t18-/m1/s1. The summed E-state index contributed by atoms with van der Waals surface area (Å²) in [5.74, 6) is -0.863. The molecule has 2 aromatic carbocycles. The van der Waals surface area contributed by atoms with E-state index in [0.717, 1.165) is 35.3 Å². The summed E-state index contributed by atoms with van der Waals surface area (Å²) in [5, 5.41) is 7.47. The lowest BCUT2D eigenvalue weighted by atomic mass is 9.88. The number of carbonyl (C=O) groups is 3. The maximum atomic E-state index is 12.7. The molecule has 11 heteroatoms. The highest BCUT2D eigenvalue weighted by Crippen LogP contribution is 2.40. The second-order valence-corrected chi connectivity index (χ2v) is 11.0. The van der Waals surface area contributed by atoms with Gasteiger partial charge in [-0.1, -0.05) is 30.7 Å². The third-order valence-electron chi connectivity index (χ3n) is 6.38. The maximum Gasteiger partial charge on any atom is 0.341 e. The van der Waals surface area contributed by atoms with Gasteiger partial charge in [0.15, 0.2) is 11.5 Å². The first kappa shape index (κ1) is 30.1. The summed E-state index contributed by atoms with van der Waals surface area (Å²) < 4.78 is 16.8. The minimum Gasteiger partial charge on any atom is -0.490 e. The van der Waals surface area contributed by atoms with Gasteiger partial charge >= 0.3 is 17.8 Å². The number of halogens is 1. The number of hydrogen-bond acceptors (Lipinski definition) is 8. The zero-order valence-electron chi connectivity index (χ0n) is 23.1. The van der Waals surface area contributed by atoms with Crippen molar-refractivity contribution in [1.82, 2.24) is 5.43 Å². The summed E-state index contributed by atoms with van der Waals surface area (Å²) in [6.07, 6.45) is 3.88. The molecule has 1 aliphatic rings. The van der Waals surface area contributed by atoms with Crippen LogP contribution in [0.2, 0.25) is 5.02 Å². The van der Waals surface area contributed by atoms with Gasteiger partial charge in [-0.2, -0.15) is 5.10 Å². The lowest BCUT2D eigenvalue weighted by Gasteiger charge is -2.18. The van der Waals surface area contributed by atoms with E-state index in [1.807, 2.05) is 19.1 Å². The first-order chi connectivity index (χ1) is 19.8. The van der Waals surface area contributed by atoms with Crippen LogP contribution in [0.4, 0.5) is 5.00 Å². The Morgan fingerprint density at radius 2 is 1.83 bits per heavy atom. The highest BCUT2D eigenvalue weighted by molar-refractivity contribution is 7.17. The van der Waals surface area contributed by atoms with Crippen LogP contribution in [0.3, 0.4) is 0 Å². The number of thiophene rings is 1. The zero-order chi connectivity index (χ0) is 29.4. The Hall–Kier alpha value is -3.89. The molecule has 3 aromatic rings. The number of rotatable bonds is 10. The fourth-order valence-electron chi connectivity index (χ4n) is 4.37. The largest absolute Gasteiger partial charge is 0.490 e. The molecule has 0 fully saturated rings. The average molecular weight is 598 g/mol. The van der Waals surface area contributed by atoms with E-state index < -0.39 is 17.8 Å². The predicted octanol–water partition coefficient (Wildman–Crippen LogP) is 5.77. The normalized spacial score (nSPS) is 14.3. The van der Waals surface area contributed by atoms with Crippen LogP contribution >= 0.6 is 22.9 Å². The van der Waals surface area contributed by atoms with E-state index in [2.05, 4.69) is 22.8 Å². The first-order valence-corrected chi connectivity index (χ1v) is 14.6. The number of benzene rings is 2. The molecule has 2 N–H and O–H groups in total. The molecule has 0 spiro atoms. The summed E-state index contributed by atoms with van der Waals surface area (Å²) in [6, 6.07) is 12.6. The smallest absolute Gasteiger partial charge is 0.341 e. The first-order valence-electron chi connectivity index (χ1n) is 13.4. The topological polar surface area (TPSA) is 115 Å². The molecule has 1 heterocycles. The van der Waals surface area contributed by atoms with Gasteiger partial charge in [0.1, 0.15) is 11.6 Å². The number of hydrazone groups is 1. The maximum absolute atomic E-state index is 12.7. The van der Waals surface area contributed by atoms with E-state index >= 15 is 0 Å². The summed E-state index contributed by atoms with van der Waals surface area (Å²) in [7, 11) is 0. The van der Waals surface area contributed by atoms with Gasteiger partial charge in [0.05, 0.1) is 25.0 Å². The van der Waals surface area contributed by atoms with Gasteiger partial charge in [0.25, 0.3) is 0 Å². The number of nitrogens with zero attached hydrogens (tertiary/aromatic N) is 1. The van der Waals surface area contributed by atoms with Crippen molar-refractivity contribution in [1.29, 1.82) is 0 Å². The number of ether oxygens (including phenoxy) is 3. The predicted molar refractivity (Wildman–Crippen MR) is 159 cm³/mol. The molecule has 1 atom stereocenters. The molecule has 4 rings (SSSR count). The molecule has 216 valence electrons. The van der Waals surface area contributed by atoms with Crippen LogP contribution in [0.5, 0.6) is 11.5 Å². The fraction of sp³-hybridized carbons (Fsp3) is 0.333. The number of fused-ring (bicyclic) bond motifs is 1. The molecular weight excluding hydrogens is 566 g/mol. The van der Waals surface area contributed by atoms with E-state index in [0.29, 0.717) is 51.8 Å². The molecule has 41 heavy (non-hydrogen) atoms. The van der Waals surface area contributed by atoms with Gasteiger partial charge in [0, 0.05) is 9.90 Å². The van der Waals surface area contributed by atoms with Gasteiger partial charge < -0.3 is 19.5 Å². The van der Waals surface area contributed by atoms with Crippen molar-refractivity contribution in [3.8, 4) is 11.5 Å². The van der Waals surface area contributed by atoms with E-state index in [9.17, 15) is 14.4 Å². The zero-order valence-corrected chi connectivity index (χ0v) is 24.7. The van der Waals surface area contributed by atoms with Crippen molar-refractivity contribution >= 4 is 51.9 Å². The van der Waals surface area contributed by atoms with Crippen molar-refractivity contribution in [2.24, 2.45) is 11.0 Å². The van der Waals surface area contributed by atoms with Crippen LogP contribution in [0.1, 0.15) is 59.1 Å². The summed E-state index contributed by atoms with van der Waals surface area (Å²) >= 11 is 7.26. The number of nitrogens with one attached hydrogen (secondary N) is 2. The Balaban J connectivity index is 1.39. The highest BCUT2D eigenvalue weighted by atomic mass is 35.5. The summed E-state index contributed by atoms with van der Waals surface area (Å²) in [4.78, 5) is 38.9. The molecule has 9 nitrogen and oxygen atoms in total. The van der Waals surface area contributed by atoms with Gasteiger partial charge in [0.2, 0.25) is 0 Å². The molecule has 0 unspecified atom stereocenters. The third-order valence-corrected chi connectivity index (χ3v) is 7.80. The minimum absolute atomic E-state index is 0.211. The van der Waals surface area contributed by atoms with Crippen molar-refractivity contribution in [3.05, 3.63) is 74.6 Å². The second-order valence-electron chi connectivity index (χ2n) is 9.48. The van der Waals surface area contributed by atoms with Crippen molar-refractivity contribution in [3.63, 3.8) is 0 Å². The Bertz CT molecular complexity index is 1440. The van der Waals surface area contributed by atoms with Gasteiger partial charge in [-0.05, 0) is 86.1 Å². The molecule has 0 bridgehead atoms. The van der Waals surface area contributed by atoms with E-state index in [1.165, 1.54) is 17.6 Å². The molecule has 2 amide bonds. The Kier molecular flexibility index (Phi) is 10.4. The Labute approximate surface area is 247 Å². The van der Waals surface area contributed by atoms with Crippen molar-refractivity contribution in [2.75, 3.05) is 18.5 Å². The quantitative estimate of drug-likeness (QED) is 0.133. The van der Waals surface area contributed by atoms with Crippen LogP contribution < -0.4 is 20.2 Å². The van der Waals surface area contributed by atoms with Crippen LogP contribution in [0, 0.1) is 5.92 Å². The van der Waals surface area contributed by atoms with Crippen LogP contribution in [-0.4, -0.2) is 37.2 Å². The molecule has 1 aliphatic carbocycles. The Morgan fingerprint density at radius 1 is 1.05 bits per heavy atom. The number of esters is 1. The van der Waals surface area contributed by atoms with Gasteiger partial charge in [-0.3, -0.25) is 9.59 Å². The lowest BCUT2D eigenvalue weighted by molar-refractivity contribution is -0.136.